The van der Waals surface area contributed by atoms with E-state index >= 15 is 0 Å². The number of esters is 1. The molecule has 1 amide bonds. The van der Waals surface area contributed by atoms with Crippen molar-refractivity contribution in [1.82, 2.24) is 19.7 Å². The third kappa shape index (κ3) is 8.29. The summed E-state index contributed by atoms with van der Waals surface area (Å²) in [6.45, 7) is 2.76. The van der Waals surface area contributed by atoms with Crippen molar-refractivity contribution < 1.29 is 43.2 Å². The SMILES string of the molecule is COc1cnc(Cl)cc1-c1cc(C)ncc1C(=O)/N=c1\sc(OC[C@H]2COCCO2)nn1COC(=O)CCC(=O)O. The molecule has 1 N–H and O–H groups in total. The molecule has 0 unspecified atom stereocenters. The van der Waals surface area contributed by atoms with Gasteiger partial charge in [-0.15, -0.1) is 5.10 Å². The van der Waals surface area contributed by atoms with Gasteiger partial charge in [-0.25, -0.2) is 4.98 Å². The Morgan fingerprint density at radius 3 is 2.76 bits per heavy atom. The molecule has 0 aliphatic carbocycles. The van der Waals surface area contributed by atoms with Gasteiger partial charge in [0.2, 0.25) is 4.80 Å². The average Bonchev–Trinajstić information content (AvgIpc) is 3.35. The zero-order chi connectivity index (χ0) is 29.4. The van der Waals surface area contributed by atoms with Crippen LogP contribution in [0, 0.1) is 6.92 Å². The van der Waals surface area contributed by atoms with Crippen LogP contribution in [0.5, 0.6) is 10.9 Å². The summed E-state index contributed by atoms with van der Waals surface area (Å²) in [6, 6.07) is 3.26. The van der Waals surface area contributed by atoms with Crippen LogP contribution in [0.2, 0.25) is 5.15 Å². The fourth-order valence-electron chi connectivity index (χ4n) is 3.62. The Labute approximate surface area is 242 Å². The van der Waals surface area contributed by atoms with E-state index in [1.165, 1.54) is 24.2 Å². The quantitative estimate of drug-likeness (QED) is 0.249. The van der Waals surface area contributed by atoms with Crippen molar-refractivity contribution in [3.63, 3.8) is 0 Å². The third-order valence-corrected chi connectivity index (χ3v) is 6.65. The van der Waals surface area contributed by atoms with Gasteiger partial charge in [0, 0.05) is 23.0 Å². The Balaban J connectivity index is 1.66. The molecule has 4 heterocycles. The zero-order valence-electron chi connectivity index (χ0n) is 22.1. The van der Waals surface area contributed by atoms with Crippen LogP contribution < -0.4 is 14.3 Å². The van der Waals surface area contributed by atoms with Crippen molar-refractivity contribution in [2.45, 2.75) is 32.6 Å². The van der Waals surface area contributed by atoms with E-state index in [1.807, 2.05) is 0 Å². The van der Waals surface area contributed by atoms with Crippen molar-refractivity contribution in [2.24, 2.45) is 4.99 Å². The normalized spacial score (nSPS) is 15.4. The number of ether oxygens (including phenoxy) is 5. The largest absolute Gasteiger partial charge is 0.494 e. The Bertz CT molecular complexity index is 1490. The van der Waals surface area contributed by atoms with Crippen molar-refractivity contribution in [3.8, 4) is 22.1 Å². The van der Waals surface area contributed by atoms with Crippen molar-refractivity contribution in [1.29, 1.82) is 0 Å². The van der Waals surface area contributed by atoms with Crippen LogP contribution >= 0.6 is 22.9 Å². The number of carboxylic acid groups (broad SMARTS) is 1. The number of carbonyl (C=O) groups is 3. The summed E-state index contributed by atoms with van der Waals surface area (Å²) in [4.78, 5) is 48.8. The molecule has 14 nitrogen and oxygen atoms in total. The number of aliphatic carboxylic acids is 1. The van der Waals surface area contributed by atoms with E-state index in [0.717, 1.165) is 11.3 Å². The Kier molecular flexibility index (Phi) is 10.3. The predicted molar refractivity (Wildman–Crippen MR) is 143 cm³/mol. The molecule has 218 valence electrons. The third-order valence-electron chi connectivity index (χ3n) is 5.58. The first-order chi connectivity index (χ1) is 19.7. The number of hydrogen-bond donors (Lipinski definition) is 1. The molecule has 1 aliphatic rings. The topological polar surface area (TPSA) is 174 Å². The number of methoxy groups -OCH3 is 1. The minimum atomic E-state index is -1.14. The molecule has 4 rings (SSSR count). The maximum atomic E-state index is 13.5. The number of hydrogen-bond acceptors (Lipinski definition) is 12. The Morgan fingerprint density at radius 2 is 2.02 bits per heavy atom. The van der Waals surface area contributed by atoms with Gasteiger partial charge in [0.1, 0.15) is 23.6 Å². The second-order valence-electron chi connectivity index (χ2n) is 8.56. The lowest BCUT2D eigenvalue weighted by Gasteiger charge is -2.22. The van der Waals surface area contributed by atoms with Crippen molar-refractivity contribution in [2.75, 3.05) is 33.5 Å². The highest BCUT2D eigenvalue weighted by Gasteiger charge is 2.20. The summed E-state index contributed by atoms with van der Waals surface area (Å²) in [5, 5.41) is 13.4. The predicted octanol–water partition coefficient (Wildman–Crippen LogP) is 2.27. The summed E-state index contributed by atoms with van der Waals surface area (Å²) in [5.41, 5.74) is 1.76. The number of amides is 1. The van der Waals surface area contributed by atoms with Crippen LogP contribution in [0.4, 0.5) is 0 Å². The summed E-state index contributed by atoms with van der Waals surface area (Å²) >= 11 is 7.07. The maximum Gasteiger partial charge on any atom is 0.308 e. The van der Waals surface area contributed by atoms with E-state index < -0.39 is 24.6 Å². The van der Waals surface area contributed by atoms with Crippen molar-refractivity contribution in [3.05, 3.63) is 45.7 Å². The number of carboxylic acids is 1. The fourth-order valence-corrected chi connectivity index (χ4v) is 4.53. The molecule has 1 fully saturated rings. The summed E-state index contributed by atoms with van der Waals surface area (Å²) < 4.78 is 28.4. The standard InChI is InChI=1S/C25H26ClN5O9S/c1-14-7-16(17-8-20(26)28-10-19(17)36-2)18(9-27-14)23(35)29-24-31(13-40-22(34)4-3-21(32)33)30-25(41-24)39-12-15-11-37-5-6-38-15/h7-10,15H,3-6,11-13H2,1-2H3,(H,32,33)/b29-24-/t15-/m1/s1. The smallest absolute Gasteiger partial charge is 0.308 e. The first-order valence-electron chi connectivity index (χ1n) is 12.3. The van der Waals surface area contributed by atoms with E-state index in [0.29, 0.717) is 42.4 Å². The first kappa shape index (κ1) is 30.0. The summed E-state index contributed by atoms with van der Waals surface area (Å²) in [6.07, 6.45) is 1.81. The van der Waals surface area contributed by atoms with Crippen molar-refractivity contribution >= 4 is 40.8 Å². The Hall–Kier alpha value is -3.92. The van der Waals surface area contributed by atoms with Gasteiger partial charge in [0.05, 0.1) is 51.5 Å². The minimum absolute atomic E-state index is 0.0584. The van der Waals surface area contributed by atoms with E-state index in [9.17, 15) is 14.4 Å². The van der Waals surface area contributed by atoms with E-state index in [4.69, 9.17) is 40.4 Å². The molecule has 41 heavy (non-hydrogen) atoms. The molecule has 1 saturated heterocycles. The van der Waals surface area contributed by atoms with Crippen LogP contribution in [-0.2, 0) is 30.5 Å². The molecule has 1 aliphatic heterocycles. The van der Waals surface area contributed by atoms with Crippen LogP contribution in [0.15, 0.2) is 29.5 Å². The maximum absolute atomic E-state index is 13.5. The van der Waals surface area contributed by atoms with Gasteiger partial charge in [-0.3, -0.25) is 19.4 Å². The number of halogens is 1. The number of nitrogens with zero attached hydrogens (tertiary/aromatic N) is 5. The highest BCUT2D eigenvalue weighted by molar-refractivity contribution is 7.10. The molecule has 0 saturated carbocycles. The number of carbonyl (C=O) groups excluding carboxylic acids is 2. The zero-order valence-corrected chi connectivity index (χ0v) is 23.6. The highest BCUT2D eigenvalue weighted by Crippen LogP contribution is 2.34. The lowest BCUT2D eigenvalue weighted by molar-refractivity contribution is -0.151. The second kappa shape index (κ2) is 14.1. The van der Waals surface area contributed by atoms with E-state index in [2.05, 4.69) is 20.1 Å². The fraction of sp³-hybridized carbons (Fsp3) is 0.400. The molecule has 1 atom stereocenters. The lowest BCUT2D eigenvalue weighted by atomic mass is 10.0. The first-order valence-corrected chi connectivity index (χ1v) is 13.5. The van der Waals surface area contributed by atoms with Crippen LogP contribution in [0.1, 0.15) is 28.9 Å². The van der Waals surface area contributed by atoms with Gasteiger partial charge < -0.3 is 28.8 Å². The van der Waals surface area contributed by atoms with Crippen LogP contribution in [0.25, 0.3) is 11.1 Å². The molecule has 3 aromatic heterocycles. The summed E-state index contributed by atoms with van der Waals surface area (Å²) in [7, 11) is 1.47. The van der Waals surface area contributed by atoms with Crippen LogP contribution in [0.3, 0.4) is 0 Å². The van der Waals surface area contributed by atoms with Gasteiger partial charge in [-0.05, 0) is 30.4 Å². The number of aryl methyl sites for hydroxylation is 1. The average molecular weight is 608 g/mol. The number of aromatic nitrogens is 4. The molecular formula is C25H26ClN5O9S. The van der Waals surface area contributed by atoms with Gasteiger partial charge in [-0.1, -0.05) is 11.6 Å². The summed E-state index contributed by atoms with van der Waals surface area (Å²) in [5.74, 6) is -2.18. The van der Waals surface area contributed by atoms with Gasteiger partial charge in [-0.2, -0.15) is 9.67 Å². The second-order valence-corrected chi connectivity index (χ2v) is 9.87. The lowest BCUT2D eigenvalue weighted by Crippen LogP contribution is -2.33. The number of rotatable bonds is 11. The van der Waals surface area contributed by atoms with E-state index in [-0.39, 0.29) is 46.3 Å². The van der Waals surface area contributed by atoms with Crippen LogP contribution in [-0.4, -0.2) is 82.3 Å². The van der Waals surface area contributed by atoms with E-state index in [1.54, 1.807) is 19.1 Å². The molecule has 3 aromatic rings. The van der Waals surface area contributed by atoms with Gasteiger partial charge in [0.25, 0.3) is 11.1 Å². The highest BCUT2D eigenvalue weighted by atomic mass is 35.5. The minimum Gasteiger partial charge on any atom is -0.494 e. The monoisotopic (exact) mass is 607 g/mol. The molecular weight excluding hydrogens is 582 g/mol. The molecule has 0 radical (unpaired) electrons. The molecule has 16 heteroatoms. The number of pyridine rings is 2. The van der Waals surface area contributed by atoms with Gasteiger partial charge in [0.15, 0.2) is 6.73 Å². The molecule has 0 spiro atoms. The molecule has 0 bridgehead atoms. The Morgan fingerprint density at radius 1 is 1.20 bits per heavy atom. The molecule has 0 aromatic carbocycles. The van der Waals surface area contributed by atoms with Gasteiger partial charge >= 0.3 is 11.9 Å².